The van der Waals surface area contributed by atoms with Gasteiger partial charge in [-0.3, -0.25) is 4.79 Å². The Bertz CT molecular complexity index is 851. The molecule has 1 fully saturated rings. The summed E-state index contributed by atoms with van der Waals surface area (Å²) in [4.78, 5) is 24.1. The van der Waals surface area contributed by atoms with Crippen LogP contribution in [0.3, 0.4) is 0 Å². The number of ether oxygens (including phenoxy) is 2. The molecule has 6 nitrogen and oxygen atoms in total. The Morgan fingerprint density at radius 1 is 1.27 bits per heavy atom. The van der Waals surface area contributed by atoms with Crippen LogP contribution in [-0.4, -0.2) is 33.7 Å². The molecule has 0 aromatic heterocycles. The van der Waals surface area contributed by atoms with Gasteiger partial charge in [0.15, 0.2) is 9.84 Å². The van der Waals surface area contributed by atoms with E-state index in [1.807, 2.05) is 13.8 Å². The van der Waals surface area contributed by atoms with E-state index in [-0.39, 0.29) is 34.7 Å². The second-order valence-corrected chi connectivity index (χ2v) is 9.21. The Hall–Kier alpha value is -2.15. The average Bonchev–Trinajstić information content (AvgIpc) is 3.11. The molecule has 2 unspecified atom stereocenters. The SMILES string of the molecule is COC(=O)/C(C)=C/C1C(C(=O)OCc2cccc(S(C)(=O)=O)c2)C1(C)C. The summed E-state index contributed by atoms with van der Waals surface area (Å²) in [5.41, 5.74) is 0.764. The number of allylic oxidation sites excluding steroid dienone is 1. The highest BCUT2D eigenvalue weighted by Crippen LogP contribution is 2.59. The molecule has 1 aromatic carbocycles. The Kier molecular flexibility index (Phi) is 5.61. The van der Waals surface area contributed by atoms with E-state index in [1.54, 1.807) is 25.1 Å². The zero-order valence-corrected chi connectivity index (χ0v) is 16.4. The van der Waals surface area contributed by atoms with Crippen molar-refractivity contribution in [2.24, 2.45) is 17.3 Å². The van der Waals surface area contributed by atoms with Crippen molar-refractivity contribution in [1.82, 2.24) is 0 Å². The van der Waals surface area contributed by atoms with Crippen molar-refractivity contribution in [2.45, 2.75) is 32.3 Å². The van der Waals surface area contributed by atoms with Crippen LogP contribution in [0.5, 0.6) is 0 Å². The number of carbonyl (C=O) groups excluding carboxylic acids is 2. The van der Waals surface area contributed by atoms with Crippen LogP contribution in [0.4, 0.5) is 0 Å². The van der Waals surface area contributed by atoms with Crippen LogP contribution in [-0.2, 0) is 35.5 Å². The molecule has 26 heavy (non-hydrogen) atoms. The summed E-state index contributed by atoms with van der Waals surface area (Å²) in [6.07, 6.45) is 2.88. The highest BCUT2D eigenvalue weighted by atomic mass is 32.2. The highest BCUT2D eigenvalue weighted by molar-refractivity contribution is 7.90. The molecule has 0 spiro atoms. The van der Waals surface area contributed by atoms with Crippen LogP contribution in [0.25, 0.3) is 0 Å². The number of sulfone groups is 1. The van der Waals surface area contributed by atoms with Crippen molar-refractivity contribution in [2.75, 3.05) is 13.4 Å². The molecule has 2 atom stereocenters. The van der Waals surface area contributed by atoms with Crippen LogP contribution in [0.2, 0.25) is 0 Å². The monoisotopic (exact) mass is 380 g/mol. The predicted molar refractivity (Wildman–Crippen MR) is 95.9 cm³/mol. The molecule has 2 rings (SSSR count). The number of rotatable bonds is 6. The van der Waals surface area contributed by atoms with Gasteiger partial charge in [-0.15, -0.1) is 0 Å². The maximum atomic E-state index is 12.4. The maximum absolute atomic E-state index is 12.4. The molecule has 0 aliphatic heterocycles. The van der Waals surface area contributed by atoms with E-state index in [0.29, 0.717) is 11.1 Å². The zero-order valence-electron chi connectivity index (χ0n) is 15.6. The maximum Gasteiger partial charge on any atom is 0.333 e. The van der Waals surface area contributed by atoms with Crippen molar-refractivity contribution in [3.63, 3.8) is 0 Å². The Morgan fingerprint density at radius 3 is 2.50 bits per heavy atom. The first-order valence-electron chi connectivity index (χ1n) is 8.21. The summed E-state index contributed by atoms with van der Waals surface area (Å²) in [5.74, 6) is -1.23. The third kappa shape index (κ3) is 4.33. The average molecular weight is 380 g/mol. The lowest BCUT2D eigenvalue weighted by Gasteiger charge is -2.07. The first kappa shape index (κ1) is 20.2. The minimum Gasteiger partial charge on any atom is -0.466 e. The molecule has 0 N–H and O–H groups in total. The van der Waals surface area contributed by atoms with Gasteiger partial charge in [0.05, 0.1) is 17.9 Å². The topological polar surface area (TPSA) is 86.7 Å². The lowest BCUT2D eigenvalue weighted by molar-refractivity contribution is -0.147. The molecule has 1 saturated carbocycles. The van der Waals surface area contributed by atoms with Gasteiger partial charge >= 0.3 is 11.9 Å². The number of methoxy groups -OCH3 is 1. The molecular formula is C19H24O6S. The van der Waals surface area contributed by atoms with Crippen molar-refractivity contribution in [3.8, 4) is 0 Å². The summed E-state index contributed by atoms with van der Waals surface area (Å²) in [5, 5.41) is 0. The van der Waals surface area contributed by atoms with Gasteiger partial charge in [-0.1, -0.05) is 32.1 Å². The highest BCUT2D eigenvalue weighted by Gasteiger charge is 2.61. The third-order valence-corrected chi connectivity index (χ3v) is 5.92. The molecule has 1 aliphatic rings. The van der Waals surface area contributed by atoms with Gasteiger partial charge in [0.25, 0.3) is 0 Å². The number of hydrogen-bond acceptors (Lipinski definition) is 6. The van der Waals surface area contributed by atoms with Crippen molar-refractivity contribution in [1.29, 1.82) is 0 Å². The van der Waals surface area contributed by atoms with E-state index in [0.717, 1.165) is 6.26 Å². The van der Waals surface area contributed by atoms with Crippen LogP contribution in [0.1, 0.15) is 26.3 Å². The molecule has 7 heteroatoms. The van der Waals surface area contributed by atoms with Gasteiger partial charge in [0.2, 0.25) is 0 Å². The summed E-state index contributed by atoms with van der Waals surface area (Å²) >= 11 is 0. The van der Waals surface area contributed by atoms with Crippen LogP contribution >= 0.6 is 0 Å². The first-order chi connectivity index (χ1) is 12.0. The molecule has 0 radical (unpaired) electrons. The van der Waals surface area contributed by atoms with E-state index in [9.17, 15) is 18.0 Å². The molecule has 1 aliphatic carbocycles. The molecular weight excluding hydrogens is 356 g/mol. The van der Waals surface area contributed by atoms with Gasteiger partial charge in [0, 0.05) is 11.8 Å². The van der Waals surface area contributed by atoms with Gasteiger partial charge in [-0.2, -0.15) is 0 Å². The Morgan fingerprint density at radius 2 is 1.92 bits per heavy atom. The lowest BCUT2D eigenvalue weighted by Crippen LogP contribution is -2.11. The minimum absolute atomic E-state index is 0.00118. The Labute approximate surface area is 154 Å². The van der Waals surface area contributed by atoms with Crippen LogP contribution < -0.4 is 0 Å². The number of esters is 2. The molecule has 0 heterocycles. The summed E-state index contributed by atoms with van der Waals surface area (Å²) in [6, 6.07) is 6.32. The van der Waals surface area contributed by atoms with Gasteiger partial charge in [-0.05, 0) is 36.0 Å². The first-order valence-corrected chi connectivity index (χ1v) is 10.1. The molecule has 0 amide bonds. The minimum atomic E-state index is -3.31. The normalized spacial score (nSPS) is 21.8. The van der Waals surface area contributed by atoms with Crippen molar-refractivity contribution >= 4 is 21.8 Å². The lowest BCUT2D eigenvalue weighted by atomic mass is 10.1. The van der Waals surface area contributed by atoms with Gasteiger partial charge < -0.3 is 9.47 Å². The number of hydrogen-bond donors (Lipinski definition) is 0. The van der Waals surface area contributed by atoms with E-state index in [4.69, 9.17) is 4.74 Å². The predicted octanol–water partition coefficient (Wildman–Crippen LogP) is 2.52. The van der Waals surface area contributed by atoms with Gasteiger partial charge in [-0.25, -0.2) is 13.2 Å². The van der Waals surface area contributed by atoms with Crippen molar-refractivity contribution in [3.05, 3.63) is 41.5 Å². The second-order valence-electron chi connectivity index (χ2n) is 7.19. The fourth-order valence-corrected chi connectivity index (χ4v) is 3.74. The summed E-state index contributed by atoms with van der Waals surface area (Å²) in [7, 11) is -2.00. The standard InChI is InChI=1S/C19H24O6S/c1-12(17(20)24-4)9-15-16(19(15,2)3)18(21)25-11-13-7-6-8-14(10-13)26(5,22)23/h6-10,15-16H,11H2,1-5H3/b12-9+. The number of benzene rings is 1. The van der Waals surface area contributed by atoms with Crippen LogP contribution in [0.15, 0.2) is 40.8 Å². The molecule has 142 valence electrons. The fourth-order valence-electron chi connectivity index (χ4n) is 3.05. The van der Waals surface area contributed by atoms with E-state index in [1.165, 1.54) is 19.2 Å². The van der Waals surface area contributed by atoms with E-state index in [2.05, 4.69) is 4.74 Å². The second kappa shape index (κ2) is 7.23. The Balaban J connectivity index is 2.04. The molecule has 1 aromatic rings. The quantitative estimate of drug-likeness (QED) is 0.557. The molecule has 0 bridgehead atoms. The van der Waals surface area contributed by atoms with E-state index >= 15 is 0 Å². The molecule has 0 saturated heterocycles. The third-order valence-electron chi connectivity index (χ3n) is 4.81. The fraction of sp³-hybridized carbons (Fsp3) is 0.474. The van der Waals surface area contributed by atoms with Crippen molar-refractivity contribution < 1.29 is 27.5 Å². The summed E-state index contributed by atoms with van der Waals surface area (Å²) in [6.45, 7) is 5.53. The smallest absolute Gasteiger partial charge is 0.333 e. The number of carbonyl (C=O) groups is 2. The summed E-state index contributed by atoms with van der Waals surface area (Å²) < 4.78 is 33.3. The van der Waals surface area contributed by atoms with Gasteiger partial charge in [0.1, 0.15) is 6.61 Å². The largest absolute Gasteiger partial charge is 0.466 e. The van der Waals surface area contributed by atoms with Crippen LogP contribution in [0, 0.1) is 17.3 Å². The zero-order chi connectivity index (χ0) is 19.7. The van der Waals surface area contributed by atoms with E-state index < -0.39 is 15.8 Å².